The number of hydrogen-bond donors (Lipinski definition) is 1. The lowest BCUT2D eigenvalue weighted by Gasteiger charge is -2.26. The number of hydrogen-bond acceptors (Lipinski definition) is 6. The molecule has 1 aliphatic heterocycles. The first-order valence-electron chi connectivity index (χ1n) is 10.3. The summed E-state index contributed by atoms with van der Waals surface area (Å²) in [6.07, 6.45) is 0. The van der Waals surface area contributed by atoms with Gasteiger partial charge in [0.1, 0.15) is 5.82 Å². The van der Waals surface area contributed by atoms with Gasteiger partial charge in [0.25, 0.3) is 11.8 Å². The second-order valence-corrected chi connectivity index (χ2v) is 7.37. The molecule has 10 heteroatoms. The van der Waals surface area contributed by atoms with Crippen LogP contribution in [-0.2, 0) is 14.3 Å². The zero-order valence-electron chi connectivity index (χ0n) is 18.5. The average Bonchev–Trinajstić information content (AvgIpc) is 2.82. The first kappa shape index (κ1) is 24.0. The summed E-state index contributed by atoms with van der Waals surface area (Å²) in [5.41, 5.74) is 0.579. The molecule has 0 bridgehead atoms. The van der Waals surface area contributed by atoms with Gasteiger partial charge in [-0.3, -0.25) is 14.4 Å². The molecule has 1 heterocycles. The van der Waals surface area contributed by atoms with Gasteiger partial charge < -0.3 is 29.3 Å². The van der Waals surface area contributed by atoms with Gasteiger partial charge in [-0.1, -0.05) is 6.07 Å². The number of carbonyl (C=O) groups excluding carboxylic acids is 3. The monoisotopic (exact) mass is 459 g/mol. The third-order valence-corrected chi connectivity index (χ3v) is 4.96. The van der Waals surface area contributed by atoms with E-state index in [9.17, 15) is 18.8 Å². The third kappa shape index (κ3) is 6.66. The molecule has 0 spiro atoms. The van der Waals surface area contributed by atoms with Crippen molar-refractivity contribution >= 4 is 23.4 Å². The van der Waals surface area contributed by atoms with Crippen LogP contribution in [0, 0.1) is 5.82 Å². The van der Waals surface area contributed by atoms with Gasteiger partial charge in [-0.05, 0) is 36.4 Å². The van der Waals surface area contributed by atoms with Crippen LogP contribution in [0.2, 0.25) is 0 Å². The minimum Gasteiger partial charge on any atom is -0.493 e. The van der Waals surface area contributed by atoms with Gasteiger partial charge in [0.15, 0.2) is 18.1 Å². The van der Waals surface area contributed by atoms with E-state index < -0.39 is 17.6 Å². The number of morpholine rings is 1. The molecule has 176 valence electrons. The Morgan fingerprint density at radius 3 is 2.58 bits per heavy atom. The smallest absolute Gasteiger partial charge is 0.260 e. The molecule has 0 radical (unpaired) electrons. The van der Waals surface area contributed by atoms with Crippen LogP contribution in [0.15, 0.2) is 42.5 Å². The molecule has 9 nitrogen and oxygen atoms in total. The number of likely N-dealkylation sites (N-methyl/N-ethyl adjacent to an activating group) is 1. The van der Waals surface area contributed by atoms with E-state index in [-0.39, 0.29) is 30.4 Å². The molecule has 0 atom stereocenters. The van der Waals surface area contributed by atoms with Crippen LogP contribution in [0.3, 0.4) is 0 Å². The lowest BCUT2D eigenvalue weighted by molar-refractivity contribution is -0.137. The number of halogens is 1. The van der Waals surface area contributed by atoms with Crippen molar-refractivity contribution in [3.8, 4) is 11.5 Å². The summed E-state index contributed by atoms with van der Waals surface area (Å²) in [4.78, 5) is 40.1. The third-order valence-electron chi connectivity index (χ3n) is 4.96. The molecule has 0 saturated carbocycles. The van der Waals surface area contributed by atoms with Crippen LogP contribution in [0.4, 0.5) is 10.1 Å². The van der Waals surface area contributed by atoms with E-state index in [0.717, 1.165) is 0 Å². The normalized spacial score (nSPS) is 13.2. The Morgan fingerprint density at radius 1 is 1.12 bits per heavy atom. The van der Waals surface area contributed by atoms with Crippen molar-refractivity contribution in [2.75, 3.05) is 58.9 Å². The van der Waals surface area contributed by atoms with Crippen molar-refractivity contribution in [1.82, 2.24) is 9.80 Å². The largest absolute Gasteiger partial charge is 0.493 e. The van der Waals surface area contributed by atoms with Crippen LogP contribution in [0.25, 0.3) is 0 Å². The number of nitrogens with zero attached hydrogens (tertiary/aromatic N) is 2. The molecule has 2 aromatic carbocycles. The highest BCUT2D eigenvalue weighted by Gasteiger charge is 2.20. The Bertz CT molecular complexity index is 1010. The van der Waals surface area contributed by atoms with Crippen molar-refractivity contribution in [2.45, 2.75) is 0 Å². The molecular formula is C23H26FN3O6. The van der Waals surface area contributed by atoms with E-state index in [4.69, 9.17) is 14.2 Å². The second kappa shape index (κ2) is 11.3. The fourth-order valence-corrected chi connectivity index (χ4v) is 3.24. The summed E-state index contributed by atoms with van der Waals surface area (Å²) in [6, 6.07) is 10.0. The van der Waals surface area contributed by atoms with E-state index in [2.05, 4.69) is 5.32 Å². The summed E-state index contributed by atoms with van der Waals surface area (Å²) in [6.45, 7) is 1.64. The Morgan fingerprint density at radius 2 is 1.88 bits per heavy atom. The number of rotatable bonds is 8. The Balaban J connectivity index is 1.58. The molecule has 1 N–H and O–H groups in total. The fraction of sp³-hybridized carbons (Fsp3) is 0.348. The van der Waals surface area contributed by atoms with Crippen LogP contribution in [-0.4, -0.2) is 81.1 Å². The lowest BCUT2D eigenvalue weighted by Crippen LogP contribution is -2.43. The lowest BCUT2D eigenvalue weighted by atomic mass is 10.1. The zero-order chi connectivity index (χ0) is 23.8. The number of ether oxygens (including phenoxy) is 3. The average molecular weight is 459 g/mol. The highest BCUT2D eigenvalue weighted by molar-refractivity contribution is 5.99. The van der Waals surface area contributed by atoms with Crippen LogP contribution >= 0.6 is 0 Å². The van der Waals surface area contributed by atoms with Crippen molar-refractivity contribution in [2.24, 2.45) is 0 Å². The van der Waals surface area contributed by atoms with Crippen molar-refractivity contribution < 1.29 is 33.0 Å². The number of carbonyl (C=O) groups is 3. The minimum absolute atomic E-state index is 0.162. The van der Waals surface area contributed by atoms with E-state index in [0.29, 0.717) is 37.7 Å². The van der Waals surface area contributed by atoms with E-state index >= 15 is 0 Å². The van der Waals surface area contributed by atoms with Crippen molar-refractivity contribution in [1.29, 1.82) is 0 Å². The van der Waals surface area contributed by atoms with Crippen LogP contribution < -0.4 is 14.8 Å². The maximum absolute atomic E-state index is 13.3. The maximum Gasteiger partial charge on any atom is 0.260 e. The predicted molar refractivity (Wildman–Crippen MR) is 118 cm³/mol. The summed E-state index contributed by atoms with van der Waals surface area (Å²) in [7, 11) is 2.90. The van der Waals surface area contributed by atoms with Crippen LogP contribution in [0.1, 0.15) is 10.4 Å². The van der Waals surface area contributed by atoms with Gasteiger partial charge in [-0.2, -0.15) is 0 Å². The highest BCUT2D eigenvalue weighted by atomic mass is 19.1. The van der Waals surface area contributed by atoms with Gasteiger partial charge in [-0.15, -0.1) is 0 Å². The molecule has 1 saturated heterocycles. The number of amides is 3. The number of methoxy groups -OCH3 is 1. The van der Waals surface area contributed by atoms with Gasteiger partial charge in [-0.25, -0.2) is 4.39 Å². The highest BCUT2D eigenvalue weighted by Crippen LogP contribution is 2.28. The molecular weight excluding hydrogens is 433 g/mol. The summed E-state index contributed by atoms with van der Waals surface area (Å²) in [5.74, 6) is -0.915. The fourth-order valence-electron chi connectivity index (χ4n) is 3.24. The van der Waals surface area contributed by atoms with E-state index in [1.807, 2.05) is 0 Å². The molecule has 1 fully saturated rings. The molecule has 2 aromatic rings. The summed E-state index contributed by atoms with van der Waals surface area (Å²) < 4.78 is 29.4. The number of nitrogens with one attached hydrogen (secondary N) is 1. The minimum atomic E-state index is -0.474. The molecule has 3 amide bonds. The Kier molecular flexibility index (Phi) is 8.20. The topological polar surface area (TPSA) is 97.4 Å². The van der Waals surface area contributed by atoms with E-state index in [1.54, 1.807) is 17.0 Å². The van der Waals surface area contributed by atoms with Crippen molar-refractivity contribution in [3.63, 3.8) is 0 Å². The number of anilines is 1. The summed E-state index contributed by atoms with van der Waals surface area (Å²) >= 11 is 0. The zero-order valence-corrected chi connectivity index (χ0v) is 18.5. The van der Waals surface area contributed by atoms with Crippen molar-refractivity contribution in [3.05, 3.63) is 53.8 Å². The first-order chi connectivity index (χ1) is 15.9. The van der Waals surface area contributed by atoms with Gasteiger partial charge in [0, 0.05) is 31.4 Å². The maximum atomic E-state index is 13.3. The second-order valence-electron chi connectivity index (χ2n) is 7.37. The SMILES string of the molecule is COc1cc(C(=O)N(C)CC(=O)Nc2cccc(F)c2)ccc1OCC(=O)N1CCOCC1. The van der Waals surface area contributed by atoms with Gasteiger partial charge in [0.05, 0.1) is 26.9 Å². The predicted octanol–water partition coefficient (Wildman–Crippen LogP) is 1.78. The molecule has 33 heavy (non-hydrogen) atoms. The summed E-state index contributed by atoms with van der Waals surface area (Å²) in [5, 5.41) is 2.54. The Hall–Kier alpha value is -3.66. The molecule has 1 aliphatic rings. The van der Waals surface area contributed by atoms with Gasteiger partial charge in [0.2, 0.25) is 5.91 Å². The number of benzene rings is 2. The standard InChI is InChI=1S/C23H26FN3O6/c1-26(14-21(28)25-18-5-3-4-17(24)13-18)23(30)16-6-7-19(20(12-16)31-2)33-15-22(29)27-8-10-32-11-9-27/h3-7,12-13H,8-11,14-15H2,1-2H3,(H,25,28). The quantitative estimate of drug-likeness (QED) is 0.647. The molecule has 0 unspecified atom stereocenters. The first-order valence-corrected chi connectivity index (χ1v) is 10.3. The molecule has 0 aliphatic carbocycles. The Labute approximate surface area is 191 Å². The molecule has 3 rings (SSSR count). The van der Waals surface area contributed by atoms with E-state index in [1.165, 1.54) is 49.4 Å². The van der Waals surface area contributed by atoms with Gasteiger partial charge >= 0.3 is 0 Å². The molecule has 0 aromatic heterocycles. The van der Waals surface area contributed by atoms with Crippen LogP contribution in [0.5, 0.6) is 11.5 Å².